The van der Waals surface area contributed by atoms with Crippen molar-refractivity contribution in [3.63, 3.8) is 0 Å². The molecule has 0 unspecified atom stereocenters. The van der Waals surface area contributed by atoms with Crippen LogP contribution in [0.2, 0.25) is 0 Å². The number of primary amides is 1. The second kappa shape index (κ2) is 37.5. The molecule has 0 aromatic heterocycles. The Hall–Kier alpha value is -7.97. The van der Waals surface area contributed by atoms with Gasteiger partial charge < -0.3 is 66.8 Å². The average Bonchev–Trinajstić information content (AvgIpc) is 1.59. The van der Waals surface area contributed by atoms with E-state index in [-0.39, 0.29) is 105 Å². The number of likely N-dealkylation sites (N-methyl/N-ethyl adjacent to an activating group) is 1. The van der Waals surface area contributed by atoms with Crippen molar-refractivity contribution >= 4 is 71.0 Å². The summed E-state index contributed by atoms with van der Waals surface area (Å²) in [6.07, 6.45) is 7.27. The first kappa shape index (κ1) is 77.0. The molecule has 3 fully saturated rings. The van der Waals surface area contributed by atoms with Gasteiger partial charge in [0.25, 0.3) is 11.8 Å². The third kappa shape index (κ3) is 21.3. The molecule has 1 aliphatic carbocycles. The van der Waals surface area contributed by atoms with Gasteiger partial charge in [0, 0.05) is 71.2 Å². The molecule has 1 saturated carbocycles. The zero-order chi connectivity index (χ0) is 70.3. The molecule has 6 rings (SSSR count). The van der Waals surface area contributed by atoms with Crippen LogP contribution in [0.1, 0.15) is 149 Å². The van der Waals surface area contributed by atoms with E-state index in [0.29, 0.717) is 94.8 Å². The number of imide groups is 1. The maximum Gasteiger partial charge on any atom is 0.411 e. The lowest BCUT2D eigenvalue weighted by atomic mass is 9.89. The number of rotatable bonds is 38. The van der Waals surface area contributed by atoms with Crippen LogP contribution < -0.4 is 37.6 Å². The van der Waals surface area contributed by atoms with Gasteiger partial charge in [-0.05, 0) is 118 Å². The van der Waals surface area contributed by atoms with Crippen LogP contribution in [0.15, 0.2) is 66.7 Å². The molecule has 3 heterocycles. The molecule has 4 aliphatic rings. The fourth-order valence-corrected chi connectivity index (χ4v) is 13.8. The molecule has 13 atom stereocenters. The summed E-state index contributed by atoms with van der Waals surface area (Å²) in [6, 6.07) is 9.68. The largest absolute Gasteiger partial charge is 0.445 e. The number of aliphatic hydroxyl groups is 1. The third-order valence-electron chi connectivity index (χ3n) is 19.3. The summed E-state index contributed by atoms with van der Waals surface area (Å²) >= 11 is 0. The van der Waals surface area contributed by atoms with Gasteiger partial charge in [0.2, 0.25) is 41.4 Å². The quantitative estimate of drug-likeness (QED) is 0.0329. The number of fused-ring (bicyclic) bond motifs is 2. The Balaban J connectivity index is 1.04. The molecule has 0 spiro atoms. The van der Waals surface area contributed by atoms with Gasteiger partial charge in [-0.25, -0.2) is 9.59 Å². The van der Waals surface area contributed by atoms with Crippen molar-refractivity contribution in [1.82, 2.24) is 46.2 Å². The van der Waals surface area contributed by atoms with Gasteiger partial charge >= 0.3 is 12.1 Å². The normalized spacial score (nSPS) is 20.2. The summed E-state index contributed by atoms with van der Waals surface area (Å²) in [5, 5.41) is 27.2. The smallest absolute Gasteiger partial charge is 0.411 e. The number of nitrogens with one attached hydrogen (secondary N) is 6. The summed E-state index contributed by atoms with van der Waals surface area (Å²) in [5.41, 5.74) is 7.15. The highest BCUT2D eigenvalue weighted by Gasteiger charge is 2.53. The highest BCUT2D eigenvalue weighted by atomic mass is 16.6. The Morgan fingerprint density at radius 3 is 2.06 bits per heavy atom. The number of urea groups is 1. The summed E-state index contributed by atoms with van der Waals surface area (Å²) in [4.78, 5) is 154. The van der Waals surface area contributed by atoms with E-state index in [1.807, 2.05) is 58.0 Å². The number of amides is 12. The molecule has 530 valence electrons. The first-order chi connectivity index (χ1) is 45.8. The predicted octanol–water partition coefficient (Wildman–Crippen LogP) is 4.85. The average molecular weight is 1340 g/mol. The van der Waals surface area contributed by atoms with Crippen molar-refractivity contribution in [3.8, 4) is 0 Å². The summed E-state index contributed by atoms with van der Waals surface area (Å²) in [6.45, 7) is 13.4. The number of methoxy groups -OCH3 is 2. The molecule has 96 heavy (non-hydrogen) atoms. The molecule has 12 amide bonds. The summed E-state index contributed by atoms with van der Waals surface area (Å²) < 4.78 is 18.0. The van der Waals surface area contributed by atoms with Crippen molar-refractivity contribution in [3.05, 3.63) is 77.9 Å². The zero-order valence-electron chi connectivity index (χ0n) is 57.7. The lowest BCUT2D eigenvalue weighted by Crippen LogP contribution is -2.60. The minimum Gasteiger partial charge on any atom is -0.445 e. The van der Waals surface area contributed by atoms with Crippen LogP contribution in [0.5, 0.6) is 0 Å². The van der Waals surface area contributed by atoms with Crippen LogP contribution in [0, 0.1) is 29.6 Å². The lowest BCUT2D eigenvalue weighted by molar-refractivity contribution is -0.148. The van der Waals surface area contributed by atoms with Crippen LogP contribution in [0.25, 0.3) is 0 Å². The molecule has 2 aromatic rings. The Morgan fingerprint density at radius 1 is 0.750 bits per heavy atom. The predicted molar refractivity (Wildman–Crippen MR) is 359 cm³/mol. The fourth-order valence-electron chi connectivity index (χ4n) is 13.8. The van der Waals surface area contributed by atoms with E-state index in [9.17, 15) is 57.8 Å². The summed E-state index contributed by atoms with van der Waals surface area (Å²) in [5.74, 6) is -5.34. The molecule has 26 heteroatoms. The Bertz CT molecular complexity index is 2990. The number of nitrogens with two attached hydrogens (primary N) is 1. The van der Waals surface area contributed by atoms with E-state index in [4.69, 9.17) is 19.9 Å². The van der Waals surface area contributed by atoms with Gasteiger partial charge in [0.15, 0.2) is 0 Å². The number of carbonyl (C=O) groups is 11. The second-order valence-corrected chi connectivity index (χ2v) is 26.8. The summed E-state index contributed by atoms with van der Waals surface area (Å²) in [7, 11) is 4.71. The molecule has 3 aliphatic heterocycles. The number of likely N-dealkylation sites (tertiary alicyclic amines) is 2. The first-order valence-corrected chi connectivity index (χ1v) is 34.2. The van der Waals surface area contributed by atoms with E-state index in [2.05, 4.69) is 31.9 Å². The van der Waals surface area contributed by atoms with E-state index >= 15 is 0 Å². The number of aliphatic hydroxyl groups excluding tert-OH is 1. The van der Waals surface area contributed by atoms with Crippen molar-refractivity contribution in [1.29, 1.82) is 0 Å². The highest BCUT2D eigenvalue weighted by molar-refractivity contribution is 6.12. The third-order valence-corrected chi connectivity index (χ3v) is 19.3. The Labute approximate surface area is 565 Å². The number of unbranched alkanes of at least 4 members (excludes halogenated alkanes) is 3. The molecule has 0 radical (unpaired) electrons. The Morgan fingerprint density at radius 2 is 1.44 bits per heavy atom. The molecule has 2 bridgehead atoms. The number of benzene rings is 2. The fraction of sp³-hybridized carbons (Fsp3) is 0.643. The van der Waals surface area contributed by atoms with Gasteiger partial charge in [-0.2, -0.15) is 0 Å². The topological polar surface area (TPSA) is 347 Å². The lowest BCUT2D eigenvalue weighted by Gasteiger charge is -2.41. The number of hydrogen-bond donors (Lipinski definition) is 8. The highest BCUT2D eigenvalue weighted by Crippen LogP contribution is 2.43. The SMILES string of the molecule is CC[C@H](C)[C@@H]([C@@H](CC(=O)N1CCC[C@H]1[C@H](OC)[C@@H](C)C(=O)N[C@H](CO)Cc1ccccc1)OC)N(C)C(=O)[C@@H](NC(=O)[C@@H]1[C@H]2CC[C@H](C2)N1C(=O)OCc1ccc(NC(=O)[C@H](CCCCNC(N)=O)NC(=O)[C@@H](NC(=O)CCCCCN2C(=O)C=CC2=O)C(C)C)cc1)C(C)C. The number of ether oxygens (including phenoxy) is 3. The van der Waals surface area contributed by atoms with E-state index < -0.39 is 96.2 Å². The van der Waals surface area contributed by atoms with E-state index in [1.54, 1.807) is 61.9 Å². The number of carbonyl (C=O) groups excluding carboxylic acids is 11. The minimum absolute atomic E-state index is 0.0743. The van der Waals surface area contributed by atoms with Crippen LogP contribution >= 0.6 is 0 Å². The van der Waals surface area contributed by atoms with E-state index in [0.717, 1.165) is 10.5 Å². The molecule has 26 nitrogen and oxygen atoms in total. The molecular weight excluding hydrogens is 1230 g/mol. The van der Waals surface area contributed by atoms with Crippen molar-refractivity contribution in [2.45, 2.75) is 212 Å². The maximum absolute atomic E-state index is 14.9. The number of piperidine rings is 1. The number of anilines is 1. The molecule has 9 N–H and O–H groups in total. The van der Waals surface area contributed by atoms with Gasteiger partial charge in [0.05, 0.1) is 49.3 Å². The zero-order valence-corrected chi connectivity index (χ0v) is 57.7. The first-order valence-electron chi connectivity index (χ1n) is 34.2. The molecule has 2 aromatic carbocycles. The van der Waals surface area contributed by atoms with Crippen LogP contribution in [0.3, 0.4) is 0 Å². The standard InChI is InChI=1S/C70H105N11O15/c1-11-44(6)61(54(94-9)39-58(86)79-36-20-24-53(79)63(95-10)45(7)64(87)74-50(40-82)37-46-21-14-12-15-22-46)78(8)68(91)60(43(4)5)77-67(90)62-48-28-31-51(38-48)81(62)70(93)96-41-47-26-29-49(30-27-47)73-65(88)52(23-17-18-34-72-69(71)92)75-66(89)59(42(2)3)76-55(83)25-16-13-19-35-80-56(84)32-33-57(80)85/h12,14-15,21-22,26-27,29-30,32-33,42-45,48,50-54,59-63,82H,11,13,16-20,23-25,28,31,34-41H2,1-10H3,(H,73,88)(H,74,87)(H,75,89)(H,76,83)(H,77,90)(H3,71,72,92)/t44-,45+,48-,50-,51+,52-,53-,54+,59-,60-,61-,62-,63+/m0/s1. The monoisotopic (exact) mass is 1340 g/mol. The van der Waals surface area contributed by atoms with Crippen LogP contribution in [-0.2, 0) is 70.4 Å². The second-order valence-electron chi connectivity index (χ2n) is 26.8. The van der Waals surface area contributed by atoms with Crippen LogP contribution in [-0.4, -0.2) is 198 Å². The minimum atomic E-state index is -1.05. The van der Waals surface area contributed by atoms with Gasteiger partial charge in [0.1, 0.15) is 30.8 Å². The van der Waals surface area contributed by atoms with Crippen molar-refractivity contribution < 1.29 is 72.1 Å². The maximum atomic E-state index is 14.9. The van der Waals surface area contributed by atoms with Crippen molar-refractivity contribution in [2.75, 3.05) is 52.8 Å². The Kier molecular flexibility index (Phi) is 30.1. The van der Waals surface area contributed by atoms with Gasteiger partial charge in [-0.3, -0.25) is 53.0 Å². The number of hydrogen-bond acceptors (Lipinski definition) is 15. The molecular formula is C70H105N11O15. The van der Waals surface area contributed by atoms with Crippen LogP contribution in [0.4, 0.5) is 15.3 Å². The van der Waals surface area contributed by atoms with Crippen molar-refractivity contribution in [2.24, 2.45) is 35.3 Å². The van der Waals surface area contributed by atoms with Gasteiger partial charge in [-0.15, -0.1) is 0 Å². The molecule has 2 saturated heterocycles. The number of nitrogens with zero attached hydrogens (tertiary/aromatic N) is 4. The van der Waals surface area contributed by atoms with Gasteiger partial charge in [-0.1, -0.05) is 104 Å². The van der Waals surface area contributed by atoms with E-state index in [1.165, 1.54) is 31.3 Å².